The monoisotopic (exact) mass is 471 g/mol. The van der Waals surface area contributed by atoms with Crippen LogP contribution < -0.4 is 0 Å². The Balaban J connectivity index is 0.00000363. The fourth-order valence-corrected chi connectivity index (χ4v) is 4.03. The predicted molar refractivity (Wildman–Crippen MR) is 119 cm³/mol. The molecule has 1 amide bonds. The van der Waals surface area contributed by atoms with Gasteiger partial charge in [-0.1, -0.05) is 24.8 Å². The number of pyridine rings is 1. The lowest BCUT2D eigenvalue weighted by atomic mass is 9.88. The van der Waals surface area contributed by atoms with Crippen LogP contribution in [-0.4, -0.2) is 58.6 Å². The van der Waals surface area contributed by atoms with Crippen LogP contribution in [-0.2, 0) is 22.1 Å². The molecule has 0 saturated carbocycles. The third-order valence-electron chi connectivity index (χ3n) is 5.75. The zero-order chi connectivity index (χ0) is 22.5. The number of hydrogen-bond donors (Lipinski definition) is 0. The molecular formula is C23H29ClF3N3O2. The summed E-state index contributed by atoms with van der Waals surface area (Å²) in [6, 6.07) is 1.17. The number of morpholine rings is 1. The number of likely N-dealkylation sites (tertiary alicyclic amines) is 1. The summed E-state index contributed by atoms with van der Waals surface area (Å²) in [6.07, 6.45) is 8.34. The fourth-order valence-electron chi connectivity index (χ4n) is 4.03. The Morgan fingerprint density at radius 1 is 1.25 bits per heavy atom. The zero-order valence-electron chi connectivity index (χ0n) is 18.1. The first-order valence-corrected chi connectivity index (χ1v) is 10.4. The Labute approximate surface area is 193 Å². The number of aromatic nitrogens is 1. The van der Waals surface area contributed by atoms with Crippen molar-refractivity contribution in [2.24, 2.45) is 0 Å². The van der Waals surface area contributed by atoms with Gasteiger partial charge >= 0.3 is 6.18 Å². The minimum Gasteiger partial charge on any atom is -0.360 e. The molecule has 0 aromatic carbocycles. The van der Waals surface area contributed by atoms with Crippen LogP contribution in [0, 0.1) is 0 Å². The van der Waals surface area contributed by atoms with Crippen LogP contribution >= 0.6 is 12.4 Å². The van der Waals surface area contributed by atoms with E-state index < -0.39 is 23.4 Å². The standard InChI is InChI=1S/C23H28F3N3O2.ClH/c1-3-4-5-6-10-29-17-22(31-18(2)21(29)30)8-12-28(13-9-22)11-7-19-14-20(16-27-15-19)23(24,25)26;/h3-6,10,14-16,18H,1,7-9,11-13,17H2,2H3;1H/b5-4-,10-6+;. The van der Waals surface area contributed by atoms with Crippen LogP contribution in [0.3, 0.4) is 0 Å². The van der Waals surface area contributed by atoms with Crippen LogP contribution in [0.15, 0.2) is 55.5 Å². The second-order valence-corrected chi connectivity index (χ2v) is 8.04. The summed E-state index contributed by atoms with van der Waals surface area (Å²) in [4.78, 5) is 20.1. The largest absolute Gasteiger partial charge is 0.417 e. The van der Waals surface area contributed by atoms with Gasteiger partial charge in [0.2, 0.25) is 0 Å². The molecule has 0 N–H and O–H groups in total. The lowest BCUT2D eigenvalue weighted by Gasteiger charge is -2.48. The van der Waals surface area contributed by atoms with Crippen molar-refractivity contribution in [3.63, 3.8) is 0 Å². The molecule has 3 rings (SSSR count). The molecule has 32 heavy (non-hydrogen) atoms. The molecule has 2 aliphatic heterocycles. The van der Waals surface area contributed by atoms with Gasteiger partial charge in [-0.3, -0.25) is 9.78 Å². The summed E-state index contributed by atoms with van der Waals surface area (Å²) in [5.74, 6) is -0.0617. The highest BCUT2D eigenvalue weighted by Gasteiger charge is 2.44. The lowest BCUT2D eigenvalue weighted by molar-refractivity contribution is -0.184. The molecule has 1 spiro atoms. The number of amides is 1. The van der Waals surface area contributed by atoms with Crippen molar-refractivity contribution in [3.05, 3.63) is 66.7 Å². The van der Waals surface area contributed by atoms with Gasteiger partial charge in [-0.05, 0) is 43.9 Å². The van der Waals surface area contributed by atoms with Gasteiger partial charge in [-0.2, -0.15) is 13.2 Å². The van der Waals surface area contributed by atoms with Gasteiger partial charge in [-0.15, -0.1) is 12.4 Å². The maximum Gasteiger partial charge on any atom is 0.417 e. The van der Waals surface area contributed by atoms with Crippen molar-refractivity contribution in [2.75, 3.05) is 26.2 Å². The molecule has 0 bridgehead atoms. The molecule has 5 nitrogen and oxygen atoms in total. The number of rotatable bonds is 6. The SMILES string of the molecule is C=C/C=C\C=C\N1CC2(CCN(CCc3cncc(C(F)(F)F)c3)CC2)OC(C)C1=O.Cl. The van der Waals surface area contributed by atoms with Crippen LogP contribution in [0.1, 0.15) is 30.9 Å². The van der Waals surface area contributed by atoms with Gasteiger partial charge in [0.05, 0.1) is 17.7 Å². The van der Waals surface area contributed by atoms with E-state index in [0.29, 0.717) is 25.1 Å². The Hall–Kier alpha value is -2.16. The summed E-state index contributed by atoms with van der Waals surface area (Å²) in [5, 5.41) is 0. The highest BCUT2D eigenvalue weighted by atomic mass is 35.5. The Kier molecular flexibility index (Phi) is 9.07. The Morgan fingerprint density at radius 3 is 2.62 bits per heavy atom. The number of carbonyl (C=O) groups excluding carboxylic acids is 1. The maximum absolute atomic E-state index is 12.9. The van der Waals surface area contributed by atoms with Gasteiger partial charge in [0, 0.05) is 38.2 Å². The van der Waals surface area contributed by atoms with E-state index in [-0.39, 0.29) is 18.3 Å². The number of allylic oxidation sites excluding steroid dienone is 4. The van der Waals surface area contributed by atoms with E-state index >= 15 is 0 Å². The van der Waals surface area contributed by atoms with Crippen LogP contribution in [0.4, 0.5) is 13.2 Å². The maximum atomic E-state index is 12.9. The molecule has 1 atom stereocenters. The minimum absolute atomic E-state index is 0. The average molecular weight is 472 g/mol. The number of ether oxygens (including phenoxy) is 1. The minimum atomic E-state index is -4.38. The summed E-state index contributed by atoms with van der Waals surface area (Å²) >= 11 is 0. The molecule has 176 valence electrons. The number of nitrogens with zero attached hydrogens (tertiary/aromatic N) is 3. The summed E-state index contributed by atoms with van der Waals surface area (Å²) < 4.78 is 44.7. The number of alkyl halides is 3. The highest BCUT2D eigenvalue weighted by Crippen LogP contribution is 2.33. The van der Waals surface area contributed by atoms with Crippen molar-refractivity contribution in [1.29, 1.82) is 0 Å². The number of carbonyl (C=O) groups is 1. The molecule has 1 aromatic rings. The number of piperidine rings is 1. The average Bonchev–Trinajstić information content (AvgIpc) is 2.74. The van der Waals surface area contributed by atoms with Crippen LogP contribution in [0.2, 0.25) is 0 Å². The van der Waals surface area contributed by atoms with E-state index in [1.165, 1.54) is 12.3 Å². The zero-order valence-corrected chi connectivity index (χ0v) is 18.9. The van der Waals surface area contributed by atoms with Crippen molar-refractivity contribution in [2.45, 2.75) is 44.1 Å². The molecule has 1 aromatic heterocycles. The van der Waals surface area contributed by atoms with Crippen LogP contribution in [0.25, 0.3) is 0 Å². The summed E-state index contributed by atoms with van der Waals surface area (Å²) in [6.45, 7) is 8.08. The lowest BCUT2D eigenvalue weighted by Crippen LogP contribution is -2.60. The van der Waals surface area contributed by atoms with E-state index in [1.807, 2.05) is 12.2 Å². The van der Waals surface area contributed by atoms with Gasteiger partial charge in [0.15, 0.2) is 0 Å². The van der Waals surface area contributed by atoms with E-state index in [9.17, 15) is 18.0 Å². The van der Waals surface area contributed by atoms with Crippen molar-refractivity contribution in [3.8, 4) is 0 Å². The van der Waals surface area contributed by atoms with Gasteiger partial charge in [-0.25, -0.2) is 0 Å². The Bertz CT molecular complexity index is 849. The van der Waals surface area contributed by atoms with E-state index in [2.05, 4.69) is 16.5 Å². The molecule has 3 heterocycles. The molecular weight excluding hydrogens is 443 g/mol. The van der Waals surface area contributed by atoms with E-state index in [0.717, 1.165) is 32.1 Å². The number of hydrogen-bond acceptors (Lipinski definition) is 4. The fraction of sp³-hybridized carbons (Fsp3) is 0.478. The van der Waals surface area contributed by atoms with Crippen molar-refractivity contribution >= 4 is 18.3 Å². The molecule has 2 saturated heterocycles. The smallest absolute Gasteiger partial charge is 0.360 e. The topological polar surface area (TPSA) is 45.7 Å². The predicted octanol–water partition coefficient (Wildman–Crippen LogP) is 4.40. The van der Waals surface area contributed by atoms with E-state index in [1.54, 1.807) is 30.2 Å². The molecule has 9 heteroatoms. The molecule has 0 radical (unpaired) electrons. The molecule has 2 aliphatic rings. The third-order valence-corrected chi connectivity index (χ3v) is 5.75. The molecule has 0 aliphatic carbocycles. The quantitative estimate of drug-likeness (QED) is 0.577. The van der Waals surface area contributed by atoms with Crippen molar-refractivity contribution < 1.29 is 22.7 Å². The normalized spacial score (nSPS) is 21.9. The van der Waals surface area contributed by atoms with Gasteiger partial charge in [0.25, 0.3) is 5.91 Å². The first-order valence-electron chi connectivity index (χ1n) is 10.4. The Morgan fingerprint density at radius 2 is 1.97 bits per heavy atom. The molecule has 1 unspecified atom stereocenters. The highest BCUT2D eigenvalue weighted by molar-refractivity contribution is 5.85. The second-order valence-electron chi connectivity index (χ2n) is 8.04. The first-order chi connectivity index (χ1) is 14.7. The second kappa shape index (κ2) is 11.1. The van der Waals surface area contributed by atoms with Crippen LogP contribution in [0.5, 0.6) is 0 Å². The summed E-state index contributed by atoms with van der Waals surface area (Å²) in [5.41, 5.74) is -0.534. The van der Waals surface area contributed by atoms with E-state index in [4.69, 9.17) is 4.74 Å². The van der Waals surface area contributed by atoms with Crippen molar-refractivity contribution in [1.82, 2.24) is 14.8 Å². The first kappa shape index (κ1) is 26.1. The molecule has 2 fully saturated rings. The summed E-state index contributed by atoms with van der Waals surface area (Å²) in [7, 11) is 0. The number of halogens is 4. The van der Waals surface area contributed by atoms with Gasteiger partial charge < -0.3 is 14.5 Å². The third kappa shape index (κ3) is 6.67. The van der Waals surface area contributed by atoms with Gasteiger partial charge in [0.1, 0.15) is 6.10 Å².